The van der Waals surface area contributed by atoms with Crippen LogP contribution in [0.4, 0.5) is 0 Å². The maximum atomic E-state index is 5.51. The Morgan fingerprint density at radius 2 is 2.12 bits per heavy atom. The maximum Gasteiger partial charge on any atom is 0.128 e. The zero-order valence-corrected chi connectivity index (χ0v) is 11.6. The van der Waals surface area contributed by atoms with Crippen LogP contribution in [0.3, 0.4) is 0 Å². The predicted molar refractivity (Wildman–Crippen MR) is 74.8 cm³/mol. The molecule has 0 spiro atoms. The molecular weight excluding hydrogens is 300 g/mol. The molecular formula is C12H11BrN2OS. The van der Waals surface area contributed by atoms with Gasteiger partial charge in [0.1, 0.15) is 11.5 Å². The average molecular weight is 311 g/mol. The molecule has 1 aromatic carbocycles. The predicted octanol–water partition coefficient (Wildman–Crippen LogP) is 3.23. The van der Waals surface area contributed by atoms with Crippen molar-refractivity contribution < 1.29 is 4.74 Å². The largest absolute Gasteiger partial charge is 0.496 e. The van der Waals surface area contributed by atoms with Crippen LogP contribution in [-0.4, -0.2) is 12.8 Å². The van der Waals surface area contributed by atoms with Crippen LogP contribution in [0.5, 0.6) is 5.75 Å². The minimum absolute atomic E-state index is 0.726. The van der Waals surface area contributed by atoms with E-state index in [-0.39, 0.29) is 0 Å². The van der Waals surface area contributed by atoms with E-state index in [1.807, 2.05) is 35.7 Å². The van der Waals surface area contributed by atoms with Crippen LogP contribution in [0.25, 0.3) is 0 Å². The lowest BCUT2D eigenvalue weighted by molar-refractivity contribution is 0.414. The highest BCUT2D eigenvalue weighted by Crippen LogP contribution is 2.29. The molecule has 0 fully saturated rings. The second-order valence-electron chi connectivity index (χ2n) is 3.28. The molecule has 1 heterocycles. The molecule has 0 aliphatic rings. The molecule has 0 aliphatic heterocycles. The van der Waals surface area contributed by atoms with E-state index in [1.165, 1.54) is 0 Å². The van der Waals surface area contributed by atoms with E-state index in [9.17, 15) is 0 Å². The van der Waals surface area contributed by atoms with Gasteiger partial charge in [0.2, 0.25) is 0 Å². The summed E-state index contributed by atoms with van der Waals surface area (Å²) in [6.07, 6.45) is 0. The summed E-state index contributed by atoms with van der Waals surface area (Å²) in [6.45, 7) is 0. The van der Waals surface area contributed by atoms with Gasteiger partial charge in [-0.25, -0.2) is 0 Å². The van der Waals surface area contributed by atoms with Crippen molar-refractivity contribution in [3.05, 3.63) is 50.6 Å². The van der Waals surface area contributed by atoms with Crippen LogP contribution < -0.4 is 10.6 Å². The molecule has 2 rings (SSSR count). The van der Waals surface area contributed by atoms with Gasteiger partial charge in [0, 0.05) is 10.0 Å². The van der Waals surface area contributed by atoms with E-state index in [2.05, 4.69) is 21.0 Å². The van der Waals surface area contributed by atoms with E-state index >= 15 is 0 Å². The van der Waals surface area contributed by atoms with E-state index < -0.39 is 0 Å². The molecule has 0 radical (unpaired) electrons. The van der Waals surface area contributed by atoms with Crippen LogP contribution in [0.15, 0.2) is 45.3 Å². The minimum atomic E-state index is 0.726. The topological polar surface area (TPSA) is 47.6 Å². The van der Waals surface area contributed by atoms with Gasteiger partial charge in [-0.1, -0.05) is 12.1 Å². The summed E-state index contributed by atoms with van der Waals surface area (Å²) in [4.78, 5) is 0.997. The van der Waals surface area contributed by atoms with Crippen molar-refractivity contribution in [2.45, 2.75) is 0 Å². The molecule has 2 aromatic rings. The second-order valence-corrected chi connectivity index (χ2v) is 5.05. The van der Waals surface area contributed by atoms with Gasteiger partial charge in [0.05, 0.1) is 12.0 Å². The normalized spacial score (nSPS) is 11.5. The highest BCUT2D eigenvalue weighted by molar-refractivity contribution is 9.10. The van der Waals surface area contributed by atoms with E-state index in [1.54, 1.807) is 18.4 Å². The van der Waals surface area contributed by atoms with E-state index in [0.717, 1.165) is 26.4 Å². The lowest BCUT2D eigenvalue weighted by Crippen LogP contribution is -2.07. The van der Waals surface area contributed by atoms with Crippen LogP contribution in [-0.2, 0) is 0 Å². The SMILES string of the molecule is COc1ccccc1C(=NN)c1sccc1Br. The fourth-order valence-corrected chi connectivity index (χ4v) is 3.12. The highest BCUT2D eigenvalue weighted by atomic mass is 79.9. The van der Waals surface area contributed by atoms with Crippen LogP contribution in [0, 0.1) is 0 Å². The summed E-state index contributed by atoms with van der Waals surface area (Å²) in [5.74, 6) is 6.27. The zero-order valence-electron chi connectivity index (χ0n) is 9.18. The van der Waals surface area contributed by atoms with Gasteiger partial charge < -0.3 is 10.6 Å². The molecule has 0 aliphatic carbocycles. The number of ether oxygens (including phenoxy) is 1. The fraction of sp³-hybridized carbons (Fsp3) is 0.0833. The molecule has 1 aromatic heterocycles. The van der Waals surface area contributed by atoms with Crippen LogP contribution >= 0.6 is 27.3 Å². The number of hydrazone groups is 1. The van der Waals surface area contributed by atoms with Gasteiger partial charge in [-0.2, -0.15) is 5.10 Å². The summed E-state index contributed by atoms with van der Waals surface area (Å²) in [6, 6.07) is 9.66. The van der Waals surface area contributed by atoms with Crippen molar-refractivity contribution in [2.75, 3.05) is 7.11 Å². The minimum Gasteiger partial charge on any atom is -0.496 e. The molecule has 0 saturated heterocycles. The highest BCUT2D eigenvalue weighted by Gasteiger charge is 2.15. The van der Waals surface area contributed by atoms with E-state index in [4.69, 9.17) is 10.6 Å². The van der Waals surface area contributed by atoms with Crippen molar-refractivity contribution in [3.63, 3.8) is 0 Å². The first-order valence-electron chi connectivity index (χ1n) is 4.92. The Hall–Kier alpha value is -1.33. The molecule has 0 saturated carbocycles. The van der Waals surface area contributed by atoms with Crippen LogP contribution in [0.1, 0.15) is 10.4 Å². The molecule has 0 atom stereocenters. The summed E-state index contributed by atoms with van der Waals surface area (Å²) in [7, 11) is 1.64. The Balaban J connectivity index is 2.54. The number of benzene rings is 1. The third-order valence-corrected chi connectivity index (χ3v) is 4.17. The first kappa shape index (κ1) is 12.1. The van der Waals surface area contributed by atoms with Crippen molar-refractivity contribution in [2.24, 2.45) is 10.9 Å². The lowest BCUT2D eigenvalue weighted by Gasteiger charge is -2.09. The average Bonchev–Trinajstić information content (AvgIpc) is 2.78. The number of hydrogen-bond acceptors (Lipinski definition) is 4. The number of thiophene rings is 1. The Morgan fingerprint density at radius 1 is 1.35 bits per heavy atom. The monoisotopic (exact) mass is 310 g/mol. The van der Waals surface area contributed by atoms with Gasteiger partial charge in [0.25, 0.3) is 0 Å². The van der Waals surface area contributed by atoms with Gasteiger partial charge in [-0.15, -0.1) is 11.3 Å². The van der Waals surface area contributed by atoms with Crippen molar-refractivity contribution >= 4 is 33.0 Å². The Morgan fingerprint density at radius 3 is 2.71 bits per heavy atom. The standard InChI is InChI=1S/C12H11BrN2OS/c1-16-10-5-3-2-4-8(10)11(15-14)12-9(13)6-7-17-12/h2-7H,14H2,1H3. The third-order valence-electron chi connectivity index (χ3n) is 2.32. The Bertz CT molecular complexity index is 551. The number of hydrogen-bond donors (Lipinski definition) is 1. The van der Waals surface area contributed by atoms with E-state index in [0.29, 0.717) is 0 Å². The second kappa shape index (κ2) is 5.33. The molecule has 17 heavy (non-hydrogen) atoms. The molecule has 3 nitrogen and oxygen atoms in total. The van der Waals surface area contributed by atoms with Gasteiger partial charge in [-0.05, 0) is 39.5 Å². The van der Waals surface area contributed by atoms with Crippen molar-refractivity contribution in [1.29, 1.82) is 0 Å². The smallest absolute Gasteiger partial charge is 0.128 e. The summed E-state index contributed by atoms with van der Waals surface area (Å²) >= 11 is 5.07. The number of nitrogens with zero attached hydrogens (tertiary/aromatic N) is 1. The fourth-order valence-electron chi connectivity index (χ4n) is 1.55. The number of para-hydroxylation sites is 1. The van der Waals surface area contributed by atoms with Crippen LogP contribution in [0.2, 0.25) is 0 Å². The first-order chi connectivity index (χ1) is 8.27. The number of halogens is 1. The van der Waals surface area contributed by atoms with Gasteiger partial charge in [0.15, 0.2) is 0 Å². The third kappa shape index (κ3) is 2.35. The van der Waals surface area contributed by atoms with Crippen molar-refractivity contribution in [1.82, 2.24) is 0 Å². The summed E-state index contributed by atoms with van der Waals surface area (Å²) in [5.41, 5.74) is 1.62. The summed E-state index contributed by atoms with van der Waals surface area (Å²) < 4.78 is 6.30. The number of nitrogens with two attached hydrogens (primary N) is 1. The molecule has 0 unspecified atom stereocenters. The molecule has 0 bridgehead atoms. The molecule has 88 valence electrons. The number of methoxy groups -OCH3 is 1. The van der Waals surface area contributed by atoms with Gasteiger partial charge in [-0.3, -0.25) is 0 Å². The number of rotatable bonds is 3. The zero-order chi connectivity index (χ0) is 12.3. The quantitative estimate of drug-likeness (QED) is 0.537. The molecule has 5 heteroatoms. The lowest BCUT2D eigenvalue weighted by atomic mass is 10.1. The maximum absolute atomic E-state index is 5.51. The summed E-state index contributed by atoms with van der Waals surface area (Å²) in [5, 5.41) is 5.87. The Labute approximate surface area is 112 Å². The van der Waals surface area contributed by atoms with Gasteiger partial charge >= 0.3 is 0 Å². The van der Waals surface area contributed by atoms with Crippen molar-refractivity contribution in [3.8, 4) is 5.75 Å². The Kier molecular flexibility index (Phi) is 3.81. The molecule has 0 amide bonds. The molecule has 2 N–H and O–H groups in total. The first-order valence-corrected chi connectivity index (χ1v) is 6.59.